The zero-order valence-electron chi connectivity index (χ0n) is 18.5. The molecular formula is C22H30ClN7O2. The van der Waals surface area contributed by atoms with Gasteiger partial charge in [0.25, 0.3) is 0 Å². The fourth-order valence-corrected chi connectivity index (χ4v) is 4.41. The summed E-state index contributed by atoms with van der Waals surface area (Å²) in [5.41, 5.74) is 0.801. The van der Waals surface area contributed by atoms with Crippen molar-refractivity contribution >= 4 is 23.4 Å². The predicted octanol–water partition coefficient (Wildman–Crippen LogP) is 2.10. The number of amides is 2. The predicted molar refractivity (Wildman–Crippen MR) is 121 cm³/mol. The van der Waals surface area contributed by atoms with Crippen LogP contribution in [0.3, 0.4) is 0 Å². The van der Waals surface area contributed by atoms with Crippen molar-refractivity contribution in [3.8, 4) is 11.4 Å². The number of hydrogen-bond donors (Lipinski definition) is 0. The summed E-state index contributed by atoms with van der Waals surface area (Å²) in [6.45, 7) is 6.72. The Morgan fingerprint density at radius 3 is 2.31 bits per heavy atom. The van der Waals surface area contributed by atoms with Crippen molar-refractivity contribution in [3.05, 3.63) is 29.3 Å². The van der Waals surface area contributed by atoms with Crippen LogP contribution >= 0.6 is 11.6 Å². The molecule has 172 valence electrons. The van der Waals surface area contributed by atoms with Crippen molar-refractivity contribution in [1.29, 1.82) is 0 Å². The van der Waals surface area contributed by atoms with E-state index in [1.54, 1.807) is 12.1 Å². The Bertz CT molecular complexity index is 919. The lowest BCUT2D eigenvalue weighted by atomic mass is 10.1. The van der Waals surface area contributed by atoms with Gasteiger partial charge in [0.15, 0.2) is 6.04 Å². The van der Waals surface area contributed by atoms with Crippen LogP contribution in [0.1, 0.15) is 38.6 Å². The highest BCUT2D eigenvalue weighted by molar-refractivity contribution is 6.30. The normalized spacial score (nSPS) is 18.6. The SMILES string of the molecule is CCC(C(=O)N1CCN(CC(=O)N2CCCCC2)CC1)n1nnc(-c2ccc(Cl)cc2)n1. The van der Waals surface area contributed by atoms with Crippen LogP contribution in [0, 0.1) is 0 Å². The second-order valence-corrected chi connectivity index (χ2v) is 8.84. The number of piperidine rings is 1. The molecule has 2 aliphatic heterocycles. The Balaban J connectivity index is 1.32. The lowest BCUT2D eigenvalue weighted by Crippen LogP contribution is -2.53. The smallest absolute Gasteiger partial charge is 0.249 e. The van der Waals surface area contributed by atoms with E-state index >= 15 is 0 Å². The van der Waals surface area contributed by atoms with Crippen molar-refractivity contribution in [2.75, 3.05) is 45.8 Å². The molecule has 2 aliphatic rings. The number of carbonyl (C=O) groups is 2. The van der Waals surface area contributed by atoms with E-state index in [1.165, 1.54) is 11.2 Å². The van der Waals surface area contributed by atoms with Crippen LogP contribution in [0.2, 0.25) is 5.02 Å². The van der Waals surface area contributed by atoms with E-state index in [9.17, 15) is 9.59 Å². The van der Waals surface area contributed by atoms with E-state index in [0.29, 0.717) is 50.0 Å². The lowest BCUT2D eigenvalue weighted by molar-refractivity contribution is -0.138. The van der Waals surface area contributed by atoms with Crippen LogP contribution in [0.4, 0.5) is 0 Å². The molecule has 0 bridgehead atoms. The maximum absolute atomic E-state index is 13.2. The summed E-state index contributed by atoms with van der Waals surface area (Å²) in [6, 6.07) is 6.71. The fourth-order valence-electron chi connectivity index (χ4n) is 4.28. The van der Waals surface area contributed by atoms with E-state index in [2.05, 4.69) is 20.3 Å². The van der Waals surface area contributed by atoms with Crippen molar-refractivity contribution in [3.63, 3.8) is 0 Å². The summed E-state index contributed by atoms with van der Waals surface area (Å²) in [5.74, 6) is 0.668. The van der Waals surface area contributed by atoms with E-state index in [1.807, 2.05) is 28.9 Å². The molecule has 1 aromatic heterocycles. The Kier molecular flexibility index (Phi) is 7.36. The van der Waals surface area contributed by atoms with Gasteiger partial charge in [-0.05, 0) is 55.2 Å². The summed E-state index contributed by atoms with van der Waals surface area (Å²) in [5, 5.41) is 13.3. The second kappa shape index (κ2) is 10.4. The first-order chi connectivity index (χ1) is 15.5. The minimum atomic E-state index is -0.495. The second-order valence-electron chi connectivity index (χ2n) is 8.41. The highest BCUT2D eigenvalue weighted by Crippen LogP contribution is 2.20. The quantitative estimate of drug-likeness (QED) is 0.657. The van der Waals surface area contributed by atoms with E-state index in [-0.39, 0.29) is 11.8 Å². The number of piperazine rings is 1. The summed E-state index contributed by atoms with van der Waals surface area (Å²) in [7, 11) is 0. The fraction of sp³-hybridized carbons (Fsp3) is 0.591. The number of aromatic nitrogens is 4. The van der Waals surface area contributed by atoms with Crippen LogP contribution in [-0.4, -0.2) is 92.5 Å². The monoisotopic (exact) mass is 459 g/mol. The minimum Gasteiger partial charge on any atom is -0.342 e. The molecule has 2 saturated heterocycles. The third-order valence-corrected chi connectivity index (χ3v) is 6.48. The van der Waals surface area contributed by atoms with E-state index in [4.69, 9.17) is 11.6 Å². The largest absolute Gasteiger partial charge is 0.342 e. The number of halogens is 1. The summed E-state index contributed by atoms with van der Waals surface area (Å²) in [4.78, 5) is 33.1. The van der Waals surface area contributed by atoms with E-state index < -0.39 is 6.04 Å². The maximum atomic E-state index is 13.2. The van der Waals surface area contributed by atoms with Gasteiger partial charge in [0, 0.05) is 49.9 Å². The van der Waals surface area contributed by atoms with Gasteiger partial charge in [-0.1, -0.05) is 18.5 Å². The van der Waals surface area contributed by atoms with Crippen molar-refractivity contribution < 1.29 is 9.59 Å². The molecule has 3 heterocycles. The van der Waals surface area contributed by atoms with Crippen LogP contribution in [-0.2, 0) is 9.59 Å². The van der Waals surface area contributed by atoms with Gasteiger partial charge in [0.05, 0.1) is 6.54 Å². The molecule has 1 atom stereocenters. The first-order valence-electron chi connectivity index (χ1n) is 11.4. The summed E-state index contributed by atoms with van der Waals surface area (Å²) < 4.78 is 0. The molecular weight excluding hydrogens is 430 g/mol. The van der Waals surface area contributed by atoms with Crippen LogP contribution in [0.5, 0.6) is 0 Å². The van der Waals surface area contributed by atoms with Gasteiger partial charge in [-0.2, -0.15) is 4.80 Å². The molecule has 1 unspecified atom stereocenters. The average Bonchev–Trinajstić information content (AvgIpc) is 3.31. The van der Waals surface area contributed by atoms with Crippen molar-refractivity contribution in [2.24, 2.45) is 0 Å². The average molecular weight is 460 g/mol. The summed E-state index contributed by atoms with van der Waals surface area (Å²) in [6.07, 6.45) is 3.98. The molecule has 0 aliphatic carbocycles. The Labute approximate surface area is 193 Å². The van der Waals surface area contributed by atoms with Crippen LogP contribution in [0.15, 0.2) is 24.3 Å². The third-order valence-electron chi connectivity index (χ3n) is 6.23. The highest BCUT2D eigenvalue weighted by atomic mass is 35.5. The van der Waals surface area contributed by atoms with Crippen LogP contribution < -0.4 is 0 Å². The first kappa shape index (κ1) is 22.7. The molecule has 4 rings (SSSR count). The molecule has 9 nitrogen and oxygen atoms in total. The molecule has 2 aromatic rings. The number of likely N-dealkylation sites (tertiary alicyclic amines) is 1. The molecule has 0 N–H and O–H groups in total. The summed E-state index contributed by atoms with van der Waals surface area (Å²) >= 11 is 5.95. The Morgan fingerprint density at radius 1 is 0.969 bits per heavy atom. The standard InChI is InChI=1S/C22H30ClN7O2/c1-2-19(30-25-21(24-26-30)17-6-8-18(23)9-7-17)22(32)29-14-12-27(13-15-29)16-20(31)28-10-4-3-5-11-28/h6-9,19H,2-5,10-16H2,1H3. The zero-order valence-corrected chi connectivity index (χ0v) is 19.2. The topological polar surface area (TPSA) is 87.5 Å². The molecule has 0 radical (unpaired) electrons. The number of benzene rings is 1. The number of carbonyl (C=O) groups excluding carboxylic acids is 2. The van der Waals surface area contributed by atoms with Gasteiger partial charge in [-0.3, -0.25) is 14.5 Å². The minimum absolute atomic E-state index is 0.00503. The molecule has 32 heavy (non-hydrogen) atoms. The van der Waals surface area contributed by atoms with Gasteiger partial charge in [0.1, 0.15) is 0 Å². The lowest BCUT2D eigenvalue weighted by Gasteiger charge is -2.37. The van der Waals surface area contributed by atoms with Gasteiger partial charge in [0.2, 0.25) is 17.6 Å². The molecule has 10 heteroatoms. The number of rotatable bonds is 6. The highest BCUT2D eigenvalue weighted by Gasteiger charge is 2.30. The number of nitrogens with zero attached hydrogens (tertiary/aromatic N) is 7. The molecule has 1 aromatic carbocycles. The van der Waals surface area contributed by atoms with E-state index in [0.717, 1.165) is 31.5 Å². The van der Waals surface area contributed by atoms with Crippen molar-refractivity contribution in [1.82, 2.24) is 34.9 Å². The molecule has 0 spiro atoms. The Morgan fingerprint density at radius 2 is 1.66 bits per heavy atom. The van der Waals surface area contributed by atoms with Crippen molar-refractivity contribution in [2.45, 2.75) is 38.6 Å². The van der Waals surface area contributed by atoms with Crippen LogP contribution in [0.25, 0.3) is 11.4 Å². The molecule has 2 amide bonds. The van der Waals surface area contributed by atoms with Gasteiger partial charge >= 0.3 is 0 Å². The Hall–Kier alpha value is -2.52. The molecule has 2 fully saturated rings. The third kappa shape index (κ3) is 5.27. The zero-order chi connectivity index (χ0) is 22.5. The number of tetrazole rings is 1. The molecule has 0 saturated carbocycles. The maximum Gasteiger partial charge on any atom is 0.249 e. The first-order valence-corrected chi connectivity index (χ1v) is 11.8. The van der Waals surface area contributed by atoms with Gasteiger partial charge < -0.3 is 9.80 Å². The number of hydrogen-bond acceptors (Lipinski definition) is 6. The van der Waals surface area contributed by atoms with Gasteiger partial charge in [-0.25, -0.2) is 0 Å². The van der Waals surface area contributed by atoms with Gasteiger partial charge in [-0.15, -0.1) is 10.2 Å².